The molecule has 0 radical (unpaired) electrons. The van der Waals surface area contributed by atoms with Crippen molar-refractivity contribution in [2.75, 3.05) is 25.1 Å². The summed E-state index contributed by atoms with van der Waals surface area (Å²) in [7, 11) is -0.281. The fraction of sp³-hybridized carbons (Fsp3) is 0.545. The van der Waals surface area contributed by atoms with E-state index in [9.17, 15) is 4.79 Å². The molecule has 0 aliphatic carbocycles. The third-order valence-corrected chi connectivity index (χ3v) is 10.8. The van der Waals surface area contributed by atoms with E-state index in [1.54, 1.807) is 19.4 Å². The van der Waals surface area contributed by atoms with Crippen LogP contribution in [0.2, 0.25) is 18.1 Å². The van der Waals surface area contributed by atoms with Crippen molar-refractivity contribution in [2.45, 2.75) is 57.8 Å². The number of carbonyl (C=O) groups is 1. The van der Waals surface area contributed by atoms with Crippen molar-refractivity contribution < 1.29 is 14.0 Å². The lowest BCUT2D eigenvalue weighted by atomic mass is 10.0. The number of rotatable bonds is 5. The maximum Gasteiger partial charge on any atom is 0.252 e. The van der Waals surface area contributed by atoms with Crippen LogP contribution >= 0.6 is 0 Å². The summed E-state index contributed by atoms with van der Waals surface area (Å²) in [6.45, 7) is 13.2. The maximum atomic E-state index is 11.8. The zero-order valence-corrected chi connectivity index (χ0v) is 19.4. The summed E-state index contributed by atoms with van der Waals surface area (Å²) in [5.74, 6) is 0.883. The van der Waals surface area contributed by atoms with Crippen LogP contribution in [0.5, 0.6) is 5.75 Å². The van der Waals surface area contributed by atoms with Gasteiger partial charge in [-0.15, -0.1) is 0 Å². The molecule has 2 N–H and O–H groups in total. The van der Waals surface area contributed by atoms with Gasteiger partial charge in [-0.2, -0.15) is 0 Å². The predicted octanol–water partition coefficient (Wildman–Crippen LogP) is 4.33. The van der Waals surface area contributed by atoms with Gasteiger partial charge >= 0.3 is 0 Å². The minimum absolute atomic E-state index is 0.186. The largest absolute Gasteiger partial charge is 0.496 e. The van der Waals surface area contributed by atoms with Crippen molar-refractivity contribution in [1.82, 2.24) is 4.98 Å². The average Bonchev–Trinajstić information content (AvgIpc) is 2.65. The Balaban J connectivity index is 1.93. The molecular formula is C22H33N3O3Si. The van der Waals surface area contributed by atoms with Crippen LogP contribution in [0.3, 0.4) is 0 Å². The smallest absolute Gasteiger partial charge is 0.252 e. The minimum Gasteiger partial charge on any atom is -0.496 e. The molecule has 1 aromatic carbocycles. The summed E-state index contributed by atoms with van der Waals surface area (Å²) < 4.78 is 12.1. The summed E-state index contributed by atoms with van der Waals surface area (Å²) in [4.78, 5) is 18.7. The number of amides is 1. The Morgan fingerprint density at radius 1 is 1.31 bits per heavy atom. The average molecular weight is 416 g/mol. The van der Waals surface area contributed by atoms with Gasteiger partial charge in [0, 0.05) is 24.7 Å². The molecule has 1 aliphatic heterocycles. The van der Waals surface area contributed by atoms with Crippen molar-refractivity contribution in [1.29, 1.82) is 0 Å². The van der Waals surface area contributed by atoms with Crippen molar-refractivity contribution in [3.63, 3.8) is 0 Å². The van der Waals surface area contributed by atoms with Gasteiger partial charge in [-0.25, -0.2) is 4.98 Å². The van der Waals surface area contributed by atoms with Gasteiger partial charge < -0.3 is 19.8 Å². The summed E-state index contributed by atoms with van der Waals surface area (Å²) >= 11 is 0. The molecule has 2 heterocycles. The van der Waals surface area contributed by atoms with E-state index in [0.717, 1.165) is 42.5 Å². The molecule has 2 aromatic rings. The fourth-order valence-corrected chi connectivity index (χ4v) is 5.00. The van der Waals surface area contributed by atoms with Crippen LogP contribution in [0.4, 0.5) is 5.82 Å². The molecule has 0 bridgehead atoms. The molecule has 158 valence electrons. The summed E-state index contributed by atoms with van der Waals surface area (Å²) in [5, 5.41) is 2.07. The van der Waals surface area contributed by atoms with Crippen LogP contribution in [0, 0.1) is 0 Å². The SMILES string of the molecule is COc1cc2c(N3CCC[C@H](O[Si](C)(C)C(C)(C)C)C3)nccc2cc1C(N)=O. The van der Waals surface area contributed by atoms with Crippen LogP contribution in [-0.4, -0.2) is 45.5 Å². The third kappa shape index (κ3) is 4.40. The van der Waals surface area contributed by atoms with Crippen molar-refractivity contribution in [3.05, 3.63) is 30.0 Å². The lowest BCUT2D eigenvalue weighted by Crippen LogP contribution is -2.49. The summed E-state index contributed by atoms with van der Waals surface area (Å²) in [6.07, 6.45) is 4.12. The highest BCUT2D eigenvalue weighted by molar-refractivity contribution is 6.74. The quantitative estimate of drug-likeness (QED) is 0.735. The number of hydrogen-bond donors (Lipinski definition) is 1. The number of carbonyl (C=O) groups excluding carboxylic acids is 1. The summed E-state index contributed by atoms with van der Waals surface area (Å²) in [5.41, 5.74) is 5.90. The Hall–Kier alpha value is -2.12. The lowest BCUT2D eigenvalue weighted by Gasteiger charge is -2.42. The Morgan fingerprint density at radius 2 is 2.03 bits per heavy atom. The van der Waals surface area contributed by atoms with E-state index in [-0.39, 0.29) is 11.1 Å². The number of fused-ring (bicyclic) bond motifs is 1. The van der Waals surface area contributed by atoms with Crippen molar-refractivity contribution >= 4 is 30.8 Å². The van der Waals surface area contributed by atoms with E-state index in [1.807, 2.05) is 12.1 Å². The van der Waals surface area contributed by atoms with Gasteiger partial charge in [0.2, 0.25) is 0 Å². The number of hydrogen-bond acceptors (Lipinski definition) is 5. The molecule has 1 fully saturated rings. The summed E-state index contributed by atoms with van der Waals surface area (Å²) in [6, 6.07) is 5.56. The van der Waals surface area contributed by atoms with E-state index < -0.39 is 14.2 Å². The number of benzene rings is 1. The van der Waals surface area contributed by atoms with Gasteiger partial charge in [0.05, 0.1) is 18.8 Å². The van der Waals surface area contributed by atoms with E-state index in [0.29, 0.717) is 11.3 Å². The van der Waals surface area contributed by atoms with Gasteiger partial charge in [-0.3, -0.25) is 4.79 Å². The third-order valence-electron chi connectivity index (χ3n) is 6.27. The van der Waals surface area contributed by atoms with Gasteiger partial charge in [0.15, 0.2) is 8.32 Å². The van der Waals surface area contributed by atoms with E-state index in [1.165, 1.54) is 0 Å². The first-order valence-corrected chi connectivity index (χ1v) is 13.1. The Morgan fingerprint density at radius 3 is 2.66 bits per heavy atom. The highest BCUT2D eigenvalue weighted by atomic mass is 28.4. The van der Waals surface area contributed by atoms with Gasteiger partial charge in [-0.05, 0) is 54.6 Å². The molecule has 29 heavy (non-hydrogen) atoms. The second-order valence-corrected chi connectivity index (χ2v) is 14.1. The molecule has 3 rings (SSSR count). The standard InChI is InChI=1S/C22H33N3O3Si/c1-22(2,3)29(5,6)28-16-8-7-11-25(14-16)21-17-13-19(27-4)18(20(23)26)12-15(17)9-10-24-21/h9-10,12-13,16H,7-8,11,14H2,1-6H3,(H2,23,26)/t16-/m0/s1. The first-order chi connectivity index (χ1) is 13.5. The highest BCUT2D eigenvalue weighted by Gasteiger charge is 2.40. The molecule has 1 atom stereocenters. The lowest BCUT2D eigenvalue weighted by molar-refractivity contribution is 0.0997. The number of anilines is 1. The second kappa shape index (κ2) is 7.95. The first kappa shape index (κ1) is 21.6. The molecule has 7 heteroatoms. The number of primary amides is 1. The number of aromatic nitrogens is 1. The Kier molecular flexibility index (Phi) is 5.92. The van der Waals surface area contributed by atoms with E-state index in [2.05, 4.69) is 43.7 Å². The van der Waals surface area contributed by atoms with Crippen LogP contribution in [0.1, 0.15) is 44.0 Å². The molecule has 0 saturated carbocycles. The van der Waals surface area contributed by atoms with Crippen LogP contribution < -0.4 is 15.4 Å². The van der Waals surface area contributed by atoms with E-state index >= 15 is 0 Å². The topological polar surface area (TPSA) is 77.7 Å². The van der Waals surface area contributed by atoms with Gasteiger partial charge in [0.25, 0.3) is 5.91 Å². The molecule has 0 spiro atoms. The van der Waals surface area contributed by atoms with Crippen LogP contribution in [0.15, 0.2) is 24.4 Å². The maximum absolute atomic E-state index is 11.8. The predicted molar refractivity (Wildman–Crippen MR) is 120 cm³/mol. The zero-order valence-electron chi connectivity index (χ0n) is 18.4. The number of nitrogens with two attached hydrogens (primary N) is 1. The minimum atomic E-state index is -1.83. The zero-order chi connectivity index (χ0) is 21.4. The fourth-order valence-electron chi connectivity index (χ4n) is 3.62. The van der Waals surface area contributed by atoms with E-state index in [4.69, 9.17) is 14.9 Å². The van der Waals surface area contributed by atoms with Gasteiger partial charge in [0.1, 0.15) is 11.6 Å². The Labute approximate surface area is 174 Å². The molecule has 6 nitrogen and oxygen atoms in total. The van der Waals surface area contributed by atoms with Gasteiger partial charge in [-0.1, -0.05) is 20.8 Å². The highest BCUT2D eigenvalue weighted by Crippen LogP contribution is 2.39. The number of nitrogens with zero attached hydrogens (tertiary/aromatic N) is 2. The van der Waals surface area contributed by atoms with Crippen LogP contribution in [-0.2, 0) is 4.43 Å². The van der Waals surface area contributed by atoms with Crippen molar-refractivity contribution in [3.8, 4) is 5.75 Å². The number of pyridine rings is 1. The molecule has 1 amide bonds. The first-order valence-electron chi connectivity index (χ1n) is 10.2. The number of piperidine rings is 1. The van der Waals surface area contributed by atoms with Crippen LogP contribution in [0.25, 0.3) is 10.8 Å². The van der Waals surface area contributed by atoms with Crippen molar-refractivity contribution in [2.24, 2.45) is 5.73 Å². The molecule has 0 unspecified atom stereocenters. The monoisotopic (exact) mass is 415 g/mol. The molecule has 1 aliphatic rings. The Bertz CT molecular complexity index is 908. The molecule has 1 saturated heterocycles. The molecular weight excluding hydrogens is 382 g/mol. The number of methoxy groups -OCH3 is 1. The molecule has 1 aromatic heterocycles. The number of ether oxygens (including phenoxy) is 1. The second-order valence-electron chi connectivity index (χ2n) is 9.36. The normalized spacial score (nSPS) is 18.1.